The van der Waals surface area contributed by atoms with Gasteiger partial charge in [-0.15, -0.1) is 0 Å². The molecular weight excluding hydrogens is 252 g/mol. The van der Waals surface area contributed by atoms with E-state index in [0.29, 0.717) is 5.92 Å². The Labute approximate surface area is 124 Å². The van der Waals surface area contributed by atoms with Gasteiger partial charge < -0.3 is 20.1 Å². The summed E-state index contributed by atoms with van der Waals surface area (Å²) in [6, 6.07) is 0.200. The van der Waals surface area contributed by atoms with E-state index in [1.807, 2.05) is 0 Å². The fraction of sp³-hybridized carbons (Fsp3) is 1.00. The highest BCUT2D eigenvalue weighted by Crippen LogP contribution is 2.40. The van der Waals surface area contributed by atoms with Gasteiger partial charge in [0.15, 0.2) is 0 Å². The van der Waals surface area contributed by atoms with Crippen LogP contribution in [0.25, 0.3) is 0 Å². The number of hydrogen-bond acceptors (Lipinski definition) is 4. The lowest BCUT2D eigenvalue weighted by molar-refractivity contribution is -0.153. The Hall–Kier alpha value is -0.160. The molecule has 0 saturated carbocycles. The Morgan fingerprint density at radius 3 is 2.50 bits per heavy atom. The summed E-state index contributed by atoms with van der Waals surface area (Å²) in [7, 11) is 4.29. The molecule has 2 N–H and O–H groups in total. The average molecular weight is 284 g/mol. The highest BCUT2D eigenvalue weighted by Gasteiger charge is 2.45. The first-order valence-corrected chi connectivity index (χ1v) is 8.08. The van der Waals surface area contributed by atoms with Crippen molar-refractivity contribution in [3.63, 3.8) is 0 Å². The first-order valence-electron chi connectivity index (χ1n) is 8.08. The molecule has 4 heteroatoms. The van der Waals surface area contributed by atoms with Gasteiger partial charge in [-0.3, -0.25) is 0 Å². The van der Waals surface area contributed by atoms with Gasteiger partial charge in [0.1, 0.15) is 0 Å². The summed E-state index contributed by atoms with van der Waals surface area (Å²) in [5, 5.41) is 0. The normalized spacial score (nSPS) is 31.2. The summed E-state index contributed by atoms with van der Waals surface area (Å²) >= 11 is 0. The van der Waals surface area contributed by atoms with Crippen molar-refractivity contribution >= 4 is 0 Å². The smallest absolute Gasteiger partial charge is 0.0729 e. The molecule has 0 bridgehead atoms. The van der Waals surface area contributed by atoms with Crippen molar-refractivity contribution in [2.75, 3.05) is 33.9 Å². The minimum Gasteiger partial charge on any atom is -0.381 e. The first-order chi connectivity index (χ1) is 9.43. The van der Waals surface area contributed by atoms with Gasteiger partial charge in [0.25, 0.3) is 0 Å². The van der Waals surface area contributed by atoms with Crippen LogP contribution in [0.2, 0.25) is 0 Å². The molecule has 3 unspecified atom stereocenters. The quantitative estimate of drug-likeness (QED) is 0.858. The summed E-state index contributed by atoms with van der Waals surface area (Å²) in [5.41, 5.74) is 6.81. The third-order valence-electron chi connectivity index (χ3n) is 5.90. The second kappa shape index (κ2) is 6.30. The van der Waals surface area contributed by atoms with E-state index in [2.05, 4.69) is 32.8 Å². The van der Waals surface area contributed by atoms with E-state index in [0.717, 1.165) is 51.9 Å². The van der Waals surface area contributed by atoms with Crippen molar-refractivity contribution in [3.05, 3.63) is 0 Å². The standard InChI is InChI=1S/C16H32N2O2/c1-5-15(2,18(3)4)14(17)13-6-9-20-16(12-13)7-10-19-11-8-16/h13-14H,5-12,17H2,1-4H3. The van der Waals surface area contributed by atoms with Gasteiger partial charge in [-0.2, -0.15) is 0 Å². The van der Waals surface area contributed by atoms with E-state index < -0.39 is 0 Å². The molecule has 0 aromatic heterocycles. The number of rotatable bonds is 4. The molecule has 0 amide bonds. The van der Waals surface area contributed by atoms with Gasteiger partial charge in [-0.1, -0.05) is 6.92 Å². The van der Waals surface area contributed by atoms with Gasteiger partial charge >= 0.3 is 0 Å². The lowest BCUT2D eigenvalue weighted by atomic mass is 9.72. The van der Waals surface area contributed by atoms with Crippen LogP contribution in [0.15, 0.2) is 0 Å². The summed E-state index contributed by atoms with van der Waals surface area (Å²) in [6.45, 7) is 7.06. The molecule has 0 aromatic rings. The molecule has 118 valence electrons. The molecule has 2 fully saturated rings. The molecule has 0 aromatic carbocycles. The summed E-state index contributed by atoms with van der Waals surface area (Å²) < 4.78 is 11.6. The molecular formula is C16H32N2O2. The van der Waals surface area contributed by atoms with Crippen LogP contribution in [0.3, 0.4) is 0 Å². The fourth-order valence-electron chi connectivity index (χ4n) is 3.82. The second-order valence-corrected chi connectivity index (χ2v) is 7.03. The molecule has 2 heterocycles. The predicted octanol–water partition coefficient (Wildman–Crippen LogP) is 2.02. The highest BCUT2D eigenvalue weighted by atomic mass is 16.5. The summed E-state index contributed by atoms with van der Waals surface area (Å²) in [4.78, 5) is 2.30. The van der Waals surface area contributed by atoms with Crippen molar-refractivity contribution in [3.8, 4) is 0 Å². The van der Waals surface area contributed by atoms with E-state index in [-0.39, 0.29) is 17.2 Å². The molecule has 2 saturated heterocycles. The lowest BCUT2D eigenvalue weighted by Gasteiger charge is -2.50. The van der Waals surface area contributed by atoms with Gasteiger partial charge in [0.2, 0.25) is 0 Å². The molecule has 2 aliphatic rings. The molecule has 20 heavy (non-hydrogen) atoms. The lowest BCUT2D eigenvalue weighted by Crippen LogP contribution is -2.60. The number of nitrogens with two attached hydrogens (primary N) is 1. The maximum absolute atomic E-state index is 6.70. The van der Waals surface area contributed by atoms with E-state index >= 15 is 0 Å². The third kappa shape index (κ3) is 3.03. The van der Waals surface area contributed by atoms with Gasteiger partial charge in [-0.25, -0.2) is 0 Å². The van der Waals surface area contributed by atoms with Crippen molar-refractivity contribution < 1.29 is 9.47 Å². The highest BCUT2D eigenvalue weighted by molar-refractivity contribution is 5.00. The van der Waals surface area contributed by atoms with Crippen LogP contribution in [0.1, 0.15) is 46.0 Å². The van der Waals surface area contributed by atoms with E-state index in [4.69, 9.17) is 15.2 Å². The zero-order chi connectivity index (χ0) is 14.8. The molecule has 0 radical (unpaired) electrons. The maximum Gasteiger partial charge on any atom is 0.0729 e. The molecule has 2 aliphatic heterocycles. The van der Waals surface area contributed by atoms with Crippen molar-refractivity contribution in [2.45, 2.75) is 63.1 Å². The van der Waals surface area contributed by atoms with Crippen molar-refractivity contribution in [1.82, 2.24) is 4.90 Å². The van der Waals surface area contributed by atoms with Gasteiger partial charge in [0, 0.05) is 31.4 Å². The van der Waals surface area contributed by atoms with Crippen molar-refractivity contribution in [2.24, 2.45) is 11.7 Å². The van der Waals surface area contributed by atoms with Crippen molar-refractivity contribution in [1.29, 1.82) is 0 Å². The Morgan fingerprint density at radius 2 is 1.95 bits per heavy atom. The fourth-order valence-corrected chi connectivity index (χ4v) is 3.82. The van der Waals surface area contributed by atoms with Crippen LogP contribution in [0.5, 0.6) is 0 Å². The number of likely N-dealkylation sites (N-methyl/N-ethyl adjacent to an activating group) is 1. The van der Waals surface area contributed by atoms with Crippen LogP contribution in [-0.4, -0.2) is 56.0 Å². The third-order valence-corrected chi connectivity index (χ3v) is 5.90. The monoisotopic (exact) mass is 284 g/mol. The molecule has 4 nitrogen and oxygen atoms in total. The molecule has 1 spiro atoms. The van der Waals surface area contributed by atoms with E-state index in [1.165, 1.54) is 0 Å². The zero-order valence-corrected chi connectivity index (χ0v) is 13.7. The predicted molar refractivity (Wildman–Crippen MR) is 81.8 cm³/mol. The Kier molecular flexibility index (Phi) is 5.11. The van der Waals surface area contributed by atoms with Gasteiger partial charge in [-0.05, 0) is 59.0 Å². The largest absolute Gasteiger partial charge is 0.381 e. The summed E-state index contributed by atoms with van der Waals surface area (Å²) in [5.74, 6) is 0.550. The van der Waals surface area contributed by atoms with E-state index in [1.54, 1.807) is 0 Å². The van der Waals surface area contributed by atoms with Crippen LogP contribution >= 0.6 is 0 Å². The Morgan fingerprint density at radius 1 is 1.30 bits per heavy atom. The number of hydrogen-bond donors (Lipinski definition) is 1. The maximum atomic E-state index is 6.70. The minimum absolute atomic E-state index is 0.0414. The summed E-state index contributed by atoms with van der Waals surface area (Å²) in [6.07, 6.45) is 5.32. The first kappa shape index (κ1) is 16.2. The Bertz CT molecular complexity index is 310. The minimum atomic E-state index is 0.0414. The van der Waals surface area contributed by atoms with E-state index in [9.17, 15) is 0 Å². The Balaban J connectivity index is 2.08. The average Bonchev–Trinajstić information content (AvgIpc) is 2.46. The molecule has 2 rings (SSSR count). The van der Waals surface area contributed by atoms with Gasteiger partial charge in [0.05, 0.1) is 5.60 Å². The second-order valence-electron chi connectivity index (χ2n) is 7.03. The van der Waals surface area contributed by atoms with Crippen LogP contribution < -0.4 is 5.73 Å². The number of nitrogens with zero attached hydrogens (tertiary/aromatic N) is 1. The van der Waals surface area contributed by atoms with Crippen LogP contribution in [0, 0.1) is 5.92 Å². The SMILES string of the molecule is CCC(C)(C(N)C1CCOC2(CCOCC2)C1)N(C)C. The number of ether oxygens (including phenoxy) is 2. The van der Waals surface area contributed by atoms with Crippen LogP contribution in [-0.2, 0) is 9.47 Å². The zero-order valence-electron chi connectivity index (χ0n) is 13.7. The topological polar surface area (TPSA) is 47.7 Å². The molecule has 3 atom stereocenters. The van der Waals surface area contributed by atoms with Crippen LogP contribution in [0.4, 0.5) is 0 Å². The molecule has 0 aliphatic carbocycles.